The smallest absolute Gasteiger partial charge is 0.223 e. The molecule has 3 aliphatic rings. The molecule has 0 aromatic heterocycles. The zero-order valence-corrected chi connectivity index (χ0v) is 7.42. The highest BCUT2D eigenvalue weighted by Crippen LogP contribution is 2.48. The summed E-state index contributed by atoms with van der Waals surface area (Å²) in [5.41, 5.74) is 5.16. The number of allylic oxidation sites excluding steroid dienone is 2. The molecule has 1 amide bonds. The first-order valence-electron chi connectivity index (χ1n) is 4.61. The van der Waals surface area contributed by atoms with E-state index < -0.39 is 0 Å². The van der Waals surface area contributed by atoms with Gasteiger partial charge in [-0.3, -0.25) is 4.79 Å². The summed E-state index contributed by atoms with van der Waals surface area (Å²) in [7, 11) is 0. The molecule has 2 bridgehead atoms. The van der Waals surface area contributed by atoms with Gasteiger partial charge in [0, 0.05) is 0 Å². The van der Waals surface area contributed by atoms with Gasteiger partial charge in [-0.25, -0.2) is 0 Å². The van der Waals surface area contributed by atoms with Crippen LogP contribution in [0.2, 0.25) is 0 Å². The normalized spacial score (nSPS) is 44.8. The van der Waals surface area contributed by atoms with E-state index in [9.17, 15) is 4.79 Å². The maximum Gasteiger partial charge on any atom is 0.223 e. The van der Waals surface area contributed by atoms with E-state index in [1.165, 1.54) is 6.42 Å². The first-order valence-corrected chi connectivity index (χ1v) is 4.61. The SMILES string of the molecule is C[C@]1(C(N)=O)CC2C=CC1CC2. The van der Waals surface area contributed by atoms with E-state index in [-0.39, 0.29) is 11.3 Å². The monoisotopic (exact) mass is 165 g/mol. The number of nitrogens with two attached hydrogens (primary N) is 1. The molecule has 3 rings (SSSR count). The van der Waals surface area contributed by atoms with Crippen LogP contribution in [0.3, 0.4) is 0 Å². The van der Waals surface area contributed by atoms with Crippen LogP contribution >= 0.6 is 0 Å². The summed E-state index contributed by atoms with van der Waals surface area (Å²) in [6.07, 6.45) is 7.77. The maximum absolute atomic E-state index is 11.3. The van der Waals surface area contributed by atoms with Crippen molar-refractivity contribution in [2.75, 3.05) is 0 Å². The van der Waals surface area contributed by atoms with Crippen LogP contribution in [0.4, 0.5) is 0 Å². The Labute approximate surface area is 72.8 Å². The second-order valence-corrected chi connectivity index (χ2v) is 4.31. The summed E-state index contributed by atoms with van der Waals surface area (Å²) < 4.78 is 0. The summed E-state index contributed by atoms with van der Waals surface area (Å²) in [6.45, 7) is 2.01. The molecular weight excluding hydrogens is 150 g/mol. The van der Waals surface area contributed by atoms with Crippen molar-refractivity contribution >= 4 is 5.91 Å². The minimum atomic E-state index is -0.252. The molecule has 2 nitrogen and oxygen atoms in total. The fourth-order valence-corrected chi connectivity index (χ4v) is 2.56. The van der Waals surface area contributed by atoms with Crippen molar-refractivity contribution in [2.45, 2.75) is 26.2 Å². The summed E-state index contributed by atoms with van der Waals surface area (Å²) in [5, 5.41) is 0. The Kier molecular flexibility index (Phi) is 1.53. The molecule has 1 saturated carbocycles. The second kappa shape index (κ2) is 2.35. The van der Waals surface area contributed by atoms with Crippen molar-refractivity contribution in [2.24, 2.45) is 23.0 Å². The highest BCUT2D eigenvalue weighted by molar-refractivity contribution is 5.81. The zero-order chi connectivity index (χ0) is 8.77. The van der Waals surface area contributed by atoms with Gasteiger partial charge in [-0.1, -0.05) is 19.1 Å². The third kappa shape index (κ3) is 0.904. The number of primary amides is 1. The minimum absolute atomic E-state index is 0.124. The van der Waals surface area contributed by atoms with Crippen molar-refractivity contribution in [1.29, 1.82) is 0 Å². The number of carbonyl (C=O) groups is 1. The molecule has 0 aromatic rings. The zero-order valence-electron chi connectivity index (χ0n) is 7.42. The first-order chi connectivity index (χ1) is 5.63. The molecule has 0 radical (unpaired) electrons. The van der Waals surface area contributed by atoms with Crippen LogP contribution in [0, 0.1) is 17.3 Å². The Morgan fingerprint density at radius 3 is 2.50 bits per heavy atom. The van der Waals surface area contributed by atoms with Gasteiger partial charge >= 0.3 is 0 Å². The van der Waals surface area contributed by atoms with E-state index in [1.54, 1.807) is 0 Å². The van der Waals surface area contributed by atoms with Crippen LogP contribution in [0.15, 0.2) is 12.2 Å². The Balaban J connectivity index is 2.31. The molecule has 0 spiro atoms. The van der Waals surface area contributed by atoms with Gasteiger partial charge in [-0.2, -0.15) is 0 Å². The standard InChI is InChI=1S/C10H15NO/c1-10(9(11)12)6-7-2-4-8(10)5-3-7/h2,4,7-8H,3,5-6H2,1H3,(H2,11,12)/t7?,8?,10-/m0/s1. The van der Waals surface area contributed by atoms with Crippen molar-refractivity contribution in [3.63, 3.8) is 0 Å². The van der Waals surface area contributed by atoms with E-state index in [0.717, 1.165) is 12.8 Å². The molecule has 12 heavy (non-hydrogen) atoms. The minimum Gasteiger partial charge on any atom is -0.369 e. The lowest BCUT2D eigenvalue weighted by Crippen LogP contribution is -2.46. The van der Waals surface area contributed by atoms with Crippen molar-refractivity contribution in [3.8, 4) is 0 Å². The lowest BCUT2D eigenvalue weighted by molar-refractivity contribution is -0.131. The van der Waals surface area contributed by atoms with Crippen molar-refractivity contribution in [1.82, 2.24) is 0 Å². The first kappa shape index (κ1) is 7.84. The van der Waals surface area contributed by atoms with Gasteiger partial charge in [-0.15, -0.1) is 0 Å². The van der Waals surface area contributed by atoms with Gasteiger partial charge in [0.1, 0.15) is 0 Å². The Bertz CT molecular complexity index is 246. The molecule has 0 aromatic carbocycles. The third-order valence-electron chi connectivity index (χ3n) is 3.53. The second-order valence-electron chi connectivity index (χ2n) is 4.31. The fraction of sp³-hybridized carbons (Fsp3) is 0.700. The summed E-state index contributed by atoms with van der Waals surface area (Å²) in [4.78, 5) is 11.3. The Morgan fingerprint density at radius 2 is 2.25 bits per heavy atom. The molecule has 0 heterocycles. The van der Waals surface area contributed by atoms with Gasteiger partial charge in [0.05, 0.1) is 5.41 Å². The average molecular weight is 165 g/mol. The maximum atomic E-state index is 11.3. The van der Waals surface area contributed by atoms with E-state index in [1.807, 2.05) is 6.92 Å². The molecule has 0 saturated heterocycles. The quantitative estimate of drug-likeness (QED) is 0.587. The average Bonchev–Trinajstić information content (AvgIpc) is 2.05. The van der Waals surface area contributed by atoms with Crippen LogP contribution in [0.25, 0.3) is 0 Å². The number of hydrogen-bond donors (Lipinski definition) is 1. The number of amides is 1. The Morgan fingerprint density at radius 1 is 1.50 bits per heavy atom. The summed E-state index contributed by atoms with van der Waals surface area (Å²) in [6, 6.07) is 0. The molecule has 2 heteroatoms. The number of carbonyl (C=O) groups excluding carboxylic acids is 1. The van der Waals surface area contributed by atoms with E-state index in [0.29, 0.717) is 11.8 Å². The van der Waals surface area contributed by atoms with Gasteiger partial charge in [0.15, 0.2) is 0 Å². The van der Waals surface area contributed by atoms with Crippen LogP contribution in [-0.4, -0.2) is 5.91 Å². The van der Waals surface area contributed by atoms with Crippen LogP contribution in [0.5, 0.6) is 0 Å². The molecular formula is C10H15NO. The predicted molar refractivity (Wildman–Crippen MR) is 47.3 cm³/mol. The van der Waals surface area contributed by atoms with Gasteiger partial charge in [-0.05, 0) is 31.1 Å². The third-order valence-corrected chi connectivity index (χ3v) is 3.53. The molecule has 1 fully saturated rings. The fourth-order valence-electron chi connectivity index (χ4n) is 2.56. The number of fused-ring (bicyclic) bond motifs is 2. The molecule has 66 valence electrons. The van der Waals surface area contributed by atoms with Crippen molar-refractivity contribution < 1.29 is 4.79 Å². The summed E-state index contributed by atoms with van der Waals surface area (Å²) >= 11 is 0. The van der Waals surface area contributed by atoms with E-state index in [2.05, 4.69) is 12.2 Å². The van der Waals surface area contributed by atoms with Gasteiger partial charge < -0.3 is 5.73 Å². The lowest BCUT2D eigenvalue weighted by Gasteiger charge is -2.44. The molecule has 0 aliphatic heterocycles. The number of hydrogen-bond acceptors (Lipinski definition) is 1. The van der Waals surface area contributed by atoms with Crippen LogP contribution < -0.4 is 5.73 Å². The Hall–Kier alpha value is -0.790. The predicted octanol–water partition coefficient (Wildman–Crippen LogP) is 1.46. The highest BCUT2D eigenvalue weighted by Gasteiger charge is 2.45. The van der Waals surface area contributed by atoms with Gasteiger partial charge in [0.2, 0.25) is 5.91 Å². The molecule has 3 aliphatic carbocycles. The van der Waals surface area contributed by atoms with E-state index in [4.69, 9.17) is 5.73 Å². The molecule has 3 atom stereocenters. The molecule has 2 N–H and O–H groups in total. The number of rotatable bonds is 1. The van der Waals surface area contributed by atoms with E-state index >= 15 is 0 Å². The van der Waals surface area contributed by atoms with Gasteiger partial charge in [0.25, 0.3) is 0 Å². The topological polar surface area (TPSA) is 43.1 Å². The lowest BCUT2D eigenvalue weighted by atomic mass is 9.60. The largest absolute Gasteiger partial charge is 0.369 e. The highest BCUT2D eigenvalue weighted by atomic mass is 16.1. The van der Waals surface area contributed by atoms with Crippen LogP contribution in [0.1, 0.15) is 26.2 Å². The van der Waals surface area contributed by atoms with Crippen LogP contribution in [-0.2, 0) is 4.79 Å². The molecule has 2 unspecified atom stereocenters. The van der Waals surface area contributed by atoms with Crippen molar-refractivity contribution in [3.05, 3.63) is 12.2 Å². The summed E-state index contributed by atoms with van der Waals surface area (Å²) in [5.74, 6) is 0.883.